The molecule has 0 saturated carbocycles. The van der Waals surface area contributed by atoms with Crippen LogP contribution in [0.4, 0.5) is 11.4 Å². The first-order chi connectivity index (χ1) is 11.0. The van der Waals surface area contributed by atoms with Crippen LogP contribution in [-0.4, -0.2) is 11.8 Å². The molecule has 1 aliphatic rings. The predicted octanol–water partition coefficient (Wildman–Crippen LogP) is 3.74. The number of halogens is 1. The third-order valence-electron chi connectivity index (χ3n) is 3.66. The number of para-hydroxylation sites is 1. The van der Waals surface area contributed by atoms with Crippen molar-refractivity contribution in [3.8, 4) is 0 Å². The van der Waals surface area contributed by atoms with E-state index in [-0.39, 0.29) is 10.7 Å². The third-order valence-corrected chi connectivity index (χ3v) is 4.01. The molecule has 0 atom stereocenters. The van der Waals surface area contributed by atoms with Crippen LogP contribution in [0.5, 0.6) is 0 Å². The van der Waals surface area contributed by atoms with Crippen LogP contribution in [0.1, 0.15) is 11.1 Å². The van der Waals surface area contributed by atoms with Gasteiger partial charge >= 0.3 is 0 Å². The Labute approximate surface area is 139 Å². The predicted molar refractivity (Wildman–Crippen MR) is 91.4 cm³/mol. The van der Waals surface area contributed by atoms with Crippen molar-refractivity contribution in [3.05, 3.63) is 70.4 Å². The van der Waals surface area contributed by atoms with E-state index in [9.17, 15) is 9.59 Å². The van der Waals surface area contributed by atoms with Gasteiger partial charge in [0.1, 0.15) is 10.7 Å². The van der Waals surface area contributed by atoms with Crippen molar-refractivity contribution in [2.24, 2.45) is 0 Å². The summed E-state index contributed by atoms with van der Waals surface area (Å²) in [5, 5.41) is 2.84. The summed E-state index contributed by atoms with van der Waals surface area (Å²) < 4.78 is 0. The first-order valence-electron chi connectivity index (χ1n) is 7.17. The molecule has 0 fully saturated rings. The molecule has 5 heteroatoms. The van der Waals surface area contributed by atoms with Crippen LogP contribution in [0, 0.1) is 13.8 Å². The number of carbonyl (C=O) groups excluding carboxylic acids is 2. The number of anilines is 2. The third kappa shape index (κ3) is 2.73. The normalized spacial score (nSPS) is 14.7. The first kappa shape index (κ1) is 15.3. The molecule has 2 aromatic rings. The second kappa shape index (κ2) is 5.89. The Bertz CT molecular complexity index is 828. The molecule has 0 saturated heterocycles. The molecule has 0 aromatic heterocycles. The van der Waals surface area contributed by atoms with Crippen molar-refractivity contribution < 1.29 is 9.59 Å². The number of benzene rings is 2. The highest BCUT2D eigenvalue weighted by molar-refractivity contribution is 6.53. The minimum absolute atomic E-state index is 0.0983. The number of hydrogen-bond acceptors (Lipinski definition) is 3. The van der Waals surface area contributed by atoms with Gasteiger partial charge < -0.3 is 5.32 Å². The number of imide groups is 1. The Hall–Kier alpha value is -2.59. The molecular formula is C18H15ClN2O2. The minimum Gasteiger partial charge on any atom is -0.350 e. The number of rotatable bonds is 3. The molecule has 0 radical (unpaired) electrons. The van der Waals surface area contributed by atoms with E-state index in [1.54, 1.807) is 18.2 Å². The zero-order valence-electron chi connectivity index (χ0n) is 12.8. The summed E-state index contributed by atoms with van der Waals surface area (Å²) >= 11 is 6.11. The zero-order valence-corrected chi connectivity index (χ0v) is 13.5. The molecule has 1 aliphatic heterocycles. The fourth-order valence-electron chi connectivity index (χ4n) is 2.55. The summed E-state index contributed by atoms with van der Waals surface area (Å²) in [5.41, 5.74) is 3.25. The Kier molecular flexibility index (Phi) is 3.92. The van der Waals surface area contributed by atoms with Gasteiger partial charge in [-0.25, -0.2) is 4.90 Å². The number of nitrogens with one attached hydrogen (secondary N) is 1. The topological polar surface area (TPSA) is 49.4 Å². The fourth-order valence-corrected chi connectivity index (χ4v) is 2.76. The lowest BCUT2D eigenvalue weighted by molar-refractivity contribution is -0.120. The van der Waals surface area contributed by atoms with Crippen molar-refractivity contribution in [2.75, 3.05) is 10.2 Å². The number of amides is 2. The zero-order chi connectivity index (χ0) is 16.6. The highest BCUT2D eigenvalue weighted by atomic mass is 35.5. The Morgan fingerprint density at radius 2 is 1.65 bits per heavy atom. The Morgan fingerprint density at radius 3 is 2.30 bits per heavy atom. The molecule has 23 heavy (non-hydrogen) atoms. The molecule has 1 N–H and O–H groups in total. The summed E-state index contributed by atoms with van der Waals surface area (Å²) in [5.74, 6) is -0.960. The van der Waals surface area contributed by atoms with Gasteiger partial charge in [-0.15, -0.1) is 0 Å². The monoisotopic (exact) mass is 326 g/mol. The summed E-state index contributed by atoms with van der Waals surface area (Å²) in [7, 11) is 0. The van der Waals surface area contributed by atoms with E-state index in [0.29, 0.717) is 11.4 Å². The maximum atomic E-state index is 12.7. The summed E-state index contributed by atoms with van der Waals surface area (Å²) in [4.78, 5) is 26.2. The Balaban J connectivity index is 1.96. The molecule has 0 spiro atoms. The highest BCUT2D eigenvalue weighted by Gasteiger charge is 2.39. The van der Waals surface area contributed by atoms with Gasteiger partial charge in [0.15, 0.2) is 0 Å². The molecule has 0 aliphatic carbocycles. The summed E-state index contributed by atoms with van der Waals surface area (Å²) in [6.07, 6.45) is 0. The molecule has 4 nitrogen and oxygen atoms in total. The number of aryl methyl sites for hydroxylation is 2. The van der Waals surface area contributed by atoms with Crippen molar-refractivity contribution in [3.63, 3.8) is 0 Å². The lowest BCUT2D eigenvalue weighted by Gasteiger charge is -2.18. The van der Waals surface area contributed by atoms with E-state index in [1.165, 1.54) is 0 Å². The Morgan fingerprint density at radius 1 is 0.957 bits per heavy atom. The summed E-state index contributed by atoms with van der Waals surface area (Å²) in [6, 6.07) is 14.7. The van der Waals surface area contributed by atoms with Gasteiger partial charge in [0.2, 0.25) is 0 Å². The number of hydrogen-bond donors (Lipinski definition) is 1. The van der Waals surface area contributed by atoms with Crippen molar-refractivity contribution in [1.29, 1.82) is 0 Å². The van der Waals surface area contributed by atoms with Crippen molar-refractivity contribution in [2.45, 2.75) is 13.8 Å². The van der Waals surface area contributed by atoms with Crippen LogP contribution in [0.25, 0.3) is 0 Å². The second-order valence-electron chi connectivity index (χ2n) is 5.42. The van der Waals surface area contributed by atoms with Gasteiger partial charge in [-0.1, -0.05) is 47.5 Å². The van der Waals surface area contributed by atoms with E-state index < -0.39 is 11.8 Å². The number of nitrogens with zero attached hydrogens (tertiary/aromatic N) is 1. The quantitative estimate of drug-likeness (QED) is 0.874. The van der Waals surface area contributed by atoms with E-state index in [0.717, 1.165) is 16.0 Å². The molecule has 2 amide bonds. The van der Waals surface area contributed by atoms with Crippen molar-refractivity contribution >= 4 is 34.8 Å². The van der Waals surface area contributed by atoms with E-state index in [1.807, 2.05) is 44.2 Å². The van der Waals surface area contributed by atoms with Crippen LogP contribution < -0.4 is 10.2 Å². The molecular weight excluding hydrogens is 312 g/mol. The van der Waals surface area contributed by atoms with Gasteiger partial charge in [-0.3, -0.25) is 9.59 Å². The molecule has 2 aromatic carbocycles. The standard InChI is InChI=1S/C18H15ClN2O2/c1-11-8-9-14(12(2)10-11)21-17(22)15(19)16(18(21)23)20-13-6-4-3-5-7-13/h3-10,20H,1-2H3. The van der Waals surface area contributed by atoms with Gasteiger partial charge in [-0.05, 0) is 37.6 Å². The highest BCUT2D eigenvalue weighted by Crippen LogP contribution is 2.32. The van der Waals surface area contributed by atoms with E-state index >= 15 is 0 Å². The van der Waals surface area contributed by atoms with Crippen LogP contribution in [0.2, 0.25) is 0 Å². The maximum Gasteiger partial charge on any atom is 0.283 e. The molecule has 1 heterocycles. The lowest BCUT2D eigenvalue weighted by atomic mass is 10.1. The van der Waals surface area contributed by atoms with Gasteiger partial charge in [0, 0.05) is 5.69 Å². The minimum atomic E-state index is -0.512. The maximum absolute atomic E-state index is 12.7. The largest absolute Gasteiger partial charge is 0.350 e. The molecule has 0 unspecified atom stereocenters. The summed E-state index contributed by atoms with van der Waals surface area (Å²) in [6.45, 7) is 3.82. The van der Waals surface area contributed by atoms with Crippen LogP contribution >= 0.6 is 11.6 Å². The SMILES string of the molecule is Cc1ccc(N2C(=O)C(Cl)=C(Nc3ccccc3)C2=O)c(C)c1. The van der Waals surface area contributed by atoms with E-state index in [2.05, 4.69) is 5.32 Å². The molecule has 0 bridgehead atoms. The van der Waals surface area contributed by atoms with Gasteiger partial charge in [0.05, 0.1) is 5.69 Å². The lowest BCUT2D eigenvalue weighted by Crippen LogP contribution is -2.32. The first-order valence-corrected chi connectivity index (χ1v) is 7.54. The smallest absolute Gasteiger partial charge is 0.283 e. The average Bonchev–Trinajstić information content (AvgIpc) is 2.73. The van der Waals surface area contributed by atoms with Gasteiger partial charge in [-0.2, -0.15) is 0 Å². The van der Waals surface area contributed by atoms with Crippen LogP contribution in [-0.2, 0) is 9.59 Å². The van der Waals surface area contributed by atoms with Gasteiger partial charge in [0.25, 0.3) is 11.8 Å². The van der Waals surface area contributed by atoms with Crippen LogP contribution in [0.3, 0.4) is 0 Å². The van der Waals surface area contributed by atoms with Crippen LogP contribution in [0.15, 0.2) is 59.3 Å². The van der Waals surface area contributed by atoms with Crippen molar-refractivity contribution in [1.82, 2.24) is 0 Å². The second-order valence-corrected chi connectivity index (χ2v) is 5.79. The average molecular weight is 327 g/mol. The molecule has 116 valence electrons. The number of carbonyl (C=O) groups is 2. The molecule has 3 rings (SSSR count). The fraction of sp³-hybridized carbons (Fsp3) is 0.111. The van der Waals surface area contributed by atoms with E-state index in [4.69, 9.17) is 11.6 Å².